The second-order valence-electron chi connectivity index (χ2n) is 17.6. The number of hydrogen-bond acceptors (Lipinski definition) is 3. The highest BCUT2D eigenvalue weighted by molar-refractivity contribution is 5.76. The summed E-state index contributed by atoms with van der Waals surface area (Å²) >= 11 is 0. The molecule has 4 heteroatoms. The van der Waals surface area contributed by atoms with Crippen LogP contribution in [0.5, 0.6) is 0 Å². The van der Waals surface area contributed by atoms with Crippen molar-refractivity contribution in [3.05, 3.63) is 36.5 Å². The minimum absolute atomic E-state index is 0.0742. The predicted octanol–water partition coefficient (Wildman–Crippen LogP) is 16.5. The van der Waals surface area contributed by atoms with E-state index in [2.05, 4.69) is 43.5 Å². The summed E-state index contributed by atoms with van der Waals surface area (Å²) in [5.41, 5.74) is 0. The fourth-order valence-corrected chi connectivity index (χ4v) is 7.92. The summed E-state index contributed by atoms with van der Waals surface area (Å²) < 4.78 is 0. The second kappa shape index (κ2) is 49.0. The Morgan fingerprint density at radius 3 is 1.02 bits per heavy atom. The van der Waals surface area contributed by atoms with Gasteiger partial charge in [-0.05, 0) is 44.9 Å². The molecule has 2 unspecified atom stereocenters. The van der Waals surface area contributed by atoms with E-state index in [-0.39, 0.29) is 12.5 Å². The molecule has 0 aromatic heterocycles. The lowest BCUT2D eigenvalue weighted by Gasteiger charge is -2.19. The van der Waals surface area contributed by atoms with E-state index in [4.69, 9.17) is 0 Å². The molecule has 0 aliphatic heterocycles. The van der Waals surface area contributed by atoms with E-state index in [1.54, 1.807) is 6.08 Å². The number of rotatable bonds is 47. The Hall–Kier alpha value is -1.39. The van der Waals surface area contributed by atoms with Crippen LogP contribution in [0.15, 0.2) is 36.5 Å². The van der Waals surface area contributed by atoms with Gasteiger partial charge in [-0.25, -0.2) is 0 Å². The highest BCUT2D eigenvalue weighted by Crippen LogP contribution is 2.17. The molecule has 0 aliphatic rings. The molecule has 4 nitrogen and oxygen atoms in total. The molecule has 0 rings (SSSR count). The van der Waals surface area contributed by atoms with Crippen LogP contribution in [0, 0.1) is 0 Å². The molecule has 3 N–H and O–H groups in total. The third-order valence-corrected chi connectivity index (χ3v) is 11.9. The van der Waals surface area contributed by atoms with Gasteiger partial charge in [-0.15, -0.1) is 0 Å². The van der Waals surface area contributed by atoms with Gasteiger partial charge < -0.3 is 15.5 Å². The summed E-state index contributed by atoms with van der Waals surface area (Å²) in [5, 5.41) is 23.0. The molecular formula is C53H101NO3. The lowest BCUT2D eigenvalue weighted by molar-refractivity contribution is -0.123. The maximum absolute atomic E-state index is 12.4. The van der Waals surface area contributed by atoms with E-state index in [1.807, 2.05) is 6.08 Å². The van der Waals surface area contributed by atoms with Crippen LogP contribution in [0.1, 0.15) is 277 Å². The zero-order chi connectivity index (χ0) is 41.4. The normalized spacial score (nSPS) is 13.1. The number of carbonyl (C=O) groups is 1. The van der Waals surface area contributed by atoms with Gasteiger partial charge in [-0.2, -0.15) is 0 Å². The Balaban J connectivity index is 3.45. The lowest BCUT2D eigenvalue weighted by atomic mass is 10.0. The molecular weight excluding hydrogens is 699 g/mol. The van der Waals surface area contributed by atoms with Crippen LogP contribution in [-0.2, 0) is 4.79 Å². The molecule has 0 aliphatic carbocycles. The van der Waals surface area contributed by atoms with Crippen molar-refractivity contribution >= 4 is 5.91 Å². The average molecular weight is 800 g/mol. The number of unbranched alkanes of at least 4 members (excludes halogenated alkanes) is 36. The van der Waals surface area contributed by atoms with Crippen molar-refractivity contribution in [3.63, 3.8) is 0 Å². The van der Waals surface area contributed by atoms with E-state index in [9.17, 15) is 15.0 Å². The molecule has 57 heavy (non-hydrogen) atoms. The van der Waals surface area contributed by atoms with Gasteiger partial charge in [-0.1, -0.05) is 262 Å². The largest absolute Gasteiger partial charge is 0.394 e. The van der Waals surface area contributed by atoms with Gasteiger partial charge in [0.1, 0.15) is 0 Å². The molecule has 0 fully saturated rings. The number of allylic oxidation sites excluding steroid dienone is 5. The van der Waals surface area contributed by atoms with Gasteiger partial charge in [0.25, 0.3) is 0 Å². The molecule has 0 radical (unpaired) electrons. The fraction of sp³-hybridized carbons (Fsp3) is 0.868. The first-order valence-electron chi connectivity index (χ1n) is 25.7. The van der Waals surface area contributed by atoms with Crippen LogP contribution in [0.25, 0.3) is 0 Å². The van der Waals surface area contributed by atoms with Gasteiger partial charge >= 0.3 is 0 Å². The van der Waals surface area contributed by atoms with E-state index in [1.165, 1.54) is 218 Å². The summed E-state index contributed by atoms with van der Waals surface area (Å²) in [6, 6.07) is -0.642. The molecule has 336 valence electrons. The van der Waals surface area contributed by atoms with E-state index < -0.39 is 12.1 Å². The topological polar surface area (TPSA) is 69.6 Å². The van der Waals surface area contributed by atoms with Crippen molar-refractivity contribution in [2.45, 2.75) is 289 Å². The lowest BCUT2D eigenvalue weighted by Crippen LogP contribution is -2.45. The Labute approximate surface area is 357 Å². The molecule has 0 bridgehead atoms. The summed E-state index contributed by atoms with van der Waals surface area (Å²) in [4.78, 5) is 12.4. The fourth-order valence-electron chi connectivity index (χ4n) is 7.92. The van der Waals surface area contributed by atoms with Crippen LogP contribution in [0.2, 0.25) is 0 Å². The van der Waals surface area contributed by atoms with Gasteiger partial charge in [0, 0.05) is 6.42 Å². The number of amides is 1. The SMILES string of the molecule is CCCCCC/C=C/CC/C=C/CC/C=C/C(O)C(CO)NC(=O)CCCCCCCCCCCCCCCCCCCCCCCCCCCCCCCCC. The van der Waals surface area contributed by atoms with Gasteiger partial charge in [0.05, 0.1) is 18.8 Å². The van der Waals surface area contributed by atoms with E-state index in [0.717, 1.165) is 38.5 Å². The molecule has 1 amide bonds. The van der Waals surface area contributed by atoms with Gasteiger partial charge in [0.15, 0.2) is 0 Å². The standard InChI is InChI=1S/C53H101NO3/c1-3-5-7-9-11-13-15-17-19-20-21-22-23-24-25-26-27-28-29-30-31-32-33-34-35-37-39-41-43-45-47-49-53(57)54-51(50-55)52(56)48-46-44-42-40-38-36-18-16-14-12-10-8-6-4-2/h14,16,38,40,46,48,51-52,55-56H,3-13,15,17-37,39,41-45,47,49-50H2,1-2H3,(H,54,57)/b16-14+,40-38+,48-46+. The maximum atomic E-state index is 12.4. The van der Waals surface area contributed by atoms with Crippen LogP contribution in [0.3, 0.4) is 0 Å². The Morgan fingerprint density at radius 2 is 0.684 bits per heavy atom. The maximum Gasteiger partial charge on any atom is 0.220 e. The third-order valence-electron chi connectivity index (χ3n) is 11.9. The van der Waals surface area contributed by atoms with Crippen molar-refractivity contribution in [1.82, 2.24) is 5.32 Å². The van der Waals surface area contributed by atoms with E-state index >= 15 is 0 Å². The minimum Gasteiger partial charge on any atom is -0.394 e. The zero-order valence-electron chi connectivity index (χ0n) is 38.6. The number of aliphatic hydroxyl groups excluding tert-OH is 2. The predicted molar refractivity (Wildman–Crippen MR) is 253 cm³/mol. The smallest absolute Gasteiger partial charge is 0.220 e. The molecule has 0 heterocycles. The number of carbonyl (C=O) groups excluding carboxylic acids is 1. The molecule has 0 aromatic carbocycles. The first-order valence-corrected chi connectivity index (χ1v) is 25.7. The Bertz CT molecular complexity index is 866. The first-order chi connectivity index (χ1) is 28.2. The average Bonchev–Trinajstić information content (AvgIpc) is 3.22. The van der Waals surface area contributed by atoms with Crippen LogP contribution >= 0.6 is 0 Å². The molecule has 0 spiro atoms. The molecule has 0 saturated carbocycles. The summed E-state index contributed by atoms with van der Waals surface area (Å²) in [7, 11) is 0. The monoisotopic (exact) mass is 800 g/mol. The second-order valence-corrected chi connectivity index (χ2v) is 17.6. The highest BCUT2D eigenvalue weighted by atomic mass is 16.3. The quantitative estimate of drug-likeness (QED) is 0.0424. The van der Waals surface area contributed by atoms with Crippen molar-refractivity contribution in [2.75, 3.05) is 6.61 Å². The summed E-state index contributed by atoms with van der Waals surface area (Å²) in [5.74, 6) is -0.0742. The zero-order valence-corrected chi connectivity index (χ0v) is 38.6. The van der Waals surface area contributed by atoms with Crippen LogP contribution < -0.4 is 5.32 Å². The number of hydrogen-bond donors (Lipinski definition) is 3. The summed E-state index contributed by atoms with van der Waals surface area (Å²) in [6.45, 7) is 4.29. The van der Waals surface area contributed by atoms with Crippen LogP contribution in [-0.4, -0.2) is 34.9 Å². The van der Waals surface area contributed by atoms with Gasteiger partial charge in [-0.3, -0.25) is 4.79 Å². The molecule has 0 aromatic rings. The van der Waals surface area contributed by atoms with Gasteiger partial charge in [0.2, 0.25) is 5.91 Å². The van der Waals surface area contributed by atoms with Crippen molar-refractivity contribution in [1.29, 1.82) is 0 Å². The Morgan fingerprint density at radius 1 is 0.404 bits per heavy atom. The molecule has 2 atom stereocenters. The van der Waals surface area contributed by atoms with Crippen LogP contribution in [0.4, 0.5) is 0 Å². The minimum atomic E-state index is -0.867. The highest BCUT2D eigenvalue weighted by Gasteiger charge is 2.17. The number of nitrogens with one attached hydrogen (secondary N) is 1. The summed E-state index contributed by atoms with van der Waals surface area (Å²) in [6.07, 6.45) is 65.9. The van der Waals surface area contributed by atoms with E-state index in [0.29, 0.717) is 6.42 Å². The van der Waals surface area contributed by atoms with Crippen molar-refractivity contribution in [3.8, 4) is 0 Å². The first kappa shape index (κ1) is 55.6. The van der Waals surface area contributed by atoms with Crippen molar-refractivity contribution in [2.24, 2.45) is 0 Å². The third kappa shape index (κ3) is 45.5. The number of aliphatic hydroxyl groups is 2. The Kier molecular flexibility index (Phi) is 47.8. The molecule has 0 saturated heterocycles. The van der Waals surface area contributed by atoms with Crippen molar-refractivity contribution < 1.29 is 15.0 Å².